The summed E-state index contributed by atoms with van der Waals surface area (Å²) in [5.41, 5.74) is 3.05. The van der Waals surface area contributed by atoms with E-state index in [-0.39, 0.29) is 32.6 Å². The van der Waals surface area contributed by atoms with Gasteiger partial charge < -0.3 is 15.2 Å². The zero-order valence-corrected chi connectivity index (χ0v) is 17.8. The molecule has 2 aromatic carbocycles. The summed E-state index contributed by atoms with van der Waals surface area (Å²) in [6.07, 6.45) is 1.42. The number of nitriles is 2. The minimum atomic E-state index is -1.34. The molecule has 0 aromatic heterocycles. The second kappa shape index (κ2) is 9.95. The van der Waals surface area contributed by atoms with Gasteiger partial charge in [0, 0.05) is 32.6 Å². The molecule has 0 aliphatic carbocycles. The van der Waals surface area contributed by atoms with Crippen molar-refractivity contribution < 1.29 is 19.4 Å². The molecule has 32 heavy (non-hydrogen) atoms. The van der Waals surface area contributed by atoms with E-state index in [0.29, 0.717) is 12.0 Å². The van der Waals surface area contributed by atoms with Crippen molar-refractivity contribution in [3.63, 3.8) is 0 Å². The number of nitrogens with zero attached hydrogens (tertiary/aromatic N) is 3. The minimum absolute atomic E-state index is 0.141. The molecule has 8 heteroatoms. The molecule has 164 valence electrons. The Morgan fingerprint density at radius 3 is 2.38 bits per heavy atom. The number of carbonyl (C=O) groups excluding carboxylic acids is 1. The number of hydrogen-bond acceptors (Lipinski definition) is 5. The molecule has 0 saturated carbocycles. The van der Waals surface area contributed by atoms with E-state index < -0.39 is 17.5 Å². The first-order chi connectivity index (χ1) is 15.4. The standard InChI is InChI=1S/C24H24N4O4/c1-17-2-5-20(14-21(17)15-25)19-6-3-18(4-7-19)8-11-28(16-26)22(29)24(27-23(30)31)9-12-32-13-10-24/h2-7,14,27H,8-13H2,1H3,(H,30,31). The summed E-state index contributed by atoms with van der Waals surface area (Å²) in [5, 5.41) is 30.3. The quantitative estimate of drug-likeness (QED) is 0.533. The Hall–Kier alpha value is -3.88. The number of carbonyl (C=O) groups is 2. The van der Waals surface area contributed by atoms with Crippen molar-refractivity contribution in [3.05, 3.63) is 59.2 Å². The molecule has 2 amide bonds. The summed E-state index contributed by atoms with van der Waals surface area (Å²) in [5.74, 6) is -0.550. The fourth-order valence-corrected chi connectivity index (χ4v) is 3.80. The summed E-state index contributed by atoms with van der Waals surface area (Å²) in [6, 6.07) is 15.6. The number of benzene rings is 2. The van der Waals surface area contributed by atoms with E-state index in [0.717, 1.165) is 27.2 Å². The van der Waals surface area contributed by atoms with Crippen LogP contribution in [0.25, 0.3) is 11.1 Å². The molecule has 0 atom stereocenters. The van der Waals surface area contributed by atoms with Crippen LogP contribution in [0, 0.1) is 29.7 Å². The van der Waals surface area contributed by atoms with Crippen LogP contribution in [-0.2, 0) is 16.0 Å². The van der Waals surface area contributed by atoms with Crippen molar-refractivity contribution in [2.75, 3.05) is 19.8 Å². The van der Waals surface area contributed by atoms with Gasteiger partial charge >= 0.3 is 6.09 Å². The average molecular weight is 432 g/mol. The molecule has 1 saturated heterocycles. The van der Waals surface area contributed by atoms with Crippen LogP contribution in [0.4, 0.5) is 4.79 Å². The lowest BCUT2D eigenvalue weighted by atomic mass is 9.88. The summed E-state index contributed by atoms with van der Waals surface area (Å²) in [6.45, 7) is 2.53. The fraction of sp³-hybridized carbons (Fsp3) is 0.333. The second-order valence-corrected chi connectivity index (χ2v) is 7.77. The number of rotatable bonds is 6. The maximum Gasteiger partial charge on any atom is 0.405 e. The van der Waals surface area contributed by atoms with Crippen molar-refractivity contribution >= 4 is 12.0 Å². The van der Waals surface area contributed by atoms with Gasteiger partial charge in [0.05, 0.1) is 11.6 Å². The zero-order chi connectivity index (χ0) is 23.1. The summed E-state index contributed by atoms with van der Waals surface area (Å²) in [7, 11) is 0. The van der Waals surface area contributed by atoms with E-state index >= 15 is 0 Å². The predicted molar refractivity (Wildman–Crippen MR) is 116 cm³/mol. The van der Waals surface area contributed by atoms with Gasteiger partial charge in [0.1, 0.15) is 5.54 Å². The molecular formula is C24H24N4O4. The Bertz CT molecular complexity index is 1080. The first-order valence-corrected chi connectivity index (χ1v) is 10.3. The van der Waals surface area contributed by atoms with E-state index in [1.165, 1.54) is 0 Å². The Morgan fingerprint density at radius 2 is 1.78 bits per heavy atom. The number of amides is 2. The van der Waals surface area contributed by atoms with Crippen molar-refractivity contribution in [1.82, 2.24) is 10.2 Å². The van der Waals surface area contributed by atoms with Crippen LogP contribution in [0.5, 0.6) is 0 Å². The van der Waals surface area contributed by atoms with Crippen molar-refractivity contribution in [2.24, 2.45) is 0 Å². The molecule has 0 spiro atoms. The Balaban J connectivity index is 1.69. The molecular weight excluding hydrogens is 408 g/mol. The predicted octanol–water partition coefficient (Wildman–Crippen LogP) is 3.20. The minimum Gasteiger partial charge on any atom is -0.465 e. The van der Waals surface area contributed by atoms with Gasteiger partial charge in [0.25, 0.3) is 5.91 Å². The van der Waals surface area contributed by atoms with Crippen LogP contribution in [0.1, 0.15) is 29.5 Å². The van der Waals surface area contributed by atoms with Gasteiger partial charge in [0.2, 0.25) is 0 Å². The Labute approximate surface area is 186 Å². The molecule has 0 radical (unpaired) electrons. The van der Waals surface area contributed by atoms with Crippen LogP contribution in [0.2, 0.25) is 0 Å². The van der Waals surface area contributed by atoms with Gasteiger partial charge in [-0.25, -0.2) is 9.69 Å². The van der Waals surface area contributed by atoms with Gasteiger partial charge in [-0.15, -0.1) is 0 Å². The van der Waals surface area contributed by atoms with Gasteiger partial charge in [-0.3, -0.25) is 4.79 Å². The van der Waals surface area contributed by atoms with Gasteiger partial charge in [0.15, 0.2) is 6.19 Å². The molecule has 1 aliphatic heterocycles. The molecule has 1 heterocycles. The first kappa shape index (κ1) is 22.8. The van der Waals surface area contributed by atoms with Gasteiger partial charge in [-0.1, -0.05) is 36.4 Å². The highest BCUT2D eigenvalue weighted by Crippen LogP contribution is 2.25. The normalized spacial score (nSPS) is 14.6. The number of ether oxygens (including phenoxy) is 1. The lowest BCUT2D eigenvalue weighted by Gasteiger charge is -2.37. The number of carboxylic acid groups (broad SMARTS) is 1. The molecule has 3 rings (SSSR count). The van der Waals surface area contributed by atoms with E-state index in [4.69, 9.17) is 4.74 Å². The third-order valence-corrected chi connectivity index (χ3v) is 5.74. The van der Waals surface area contributed by atoms with E-state index in [9.17, 15) is 25.2 Å². The van der Waals surface area contributed by atoms with Crippen LogP contribution in [0.15, 0.2) is 42.5 Å². The van der Waals surface area contributed by atoms with Crippen LogP contribution in [-0.4, -0.2) is 47.3 Å². The molecule has 8 nitrogen and oxygen atoms in total. The molecule has 0 bridgehead atoms. The van der Waals surface area contributed by atoms with Crippen LogP contribution in [0.3, 0.4) is 0 Å². The van der Waals surface area contributed by atoms with Crippen molar-refractivity contribution in [1.29, 1.82) is 10.5 Å². The monoisotopic (exact) mass is 432 g/mol. The van der Waals surface area contributed by atoms with Crippen LogP contribution >= 0.6 is 0 Å². The Kier molecular flexibility index (Phi) is 7.09. The summed E-state index contributed by atoms with van der Waals surface area (Å²) >= 11 is 0. The first-order valence-electron chi connectivity index (χ1n) is 10.3. The zero-order valence-electron chi connectivity index (χ0n) is 17.8. The molecule has 1 aliphatic rings. The smallest absolute Gasteiger partial charge is 0.405 e. The highest BCUT2D eigenvalue weighted by molar-refractivity contribution is 5.90. The number of nitrogens with one attached hydrogen (secondary N) is 1. The summed E-state index contributed by atoms with van der Waals surface area (Å²) < 4.78 is 5.26. The SMILES string of the molecule is Cc1ccc(-c2ccc(CCN(C#N)C(=O)C3(NC(=O)O)CCOCC3)cc2)cc1C#N. The van der Waals surface area contributed by atoms with Gasteiger partial charge in [-0.2, -0.15) is 10.5 Å². The molecule has 2 N–H and O–H groups in total. The highest BCUT2D eigenvalue weighted by atomic mass is 16.5. The number of aryl methyl sites for hydroxylation is 1. The van der Waals surface area contributed by atoms with Crippen molar-refractivity contribution in [2.45, 2.75) is 31.7 Å². The molecule has 2 aromatic rings. The van der Waals surface area contributed by atoms with E-state index in [2.05, 4.69) is 11.4 Å². The lowest BCUT2D eigenvalue weighted by Crippen LogP contribution is -2.61. The summed E-state index contributed by atoms with van der Waals surface area (Å²) in [4.78, 5) is 25.3. The second-order valence-electron chi connectivity index (χ2n) is 7.77. The topological polar surface area (TPSA) is 126 Å². The largest absolute Gasteiger partial charge is 0.465 e. The van der Waals surface area contributed by atoms with Crippen LogP contribution < -0.4 is 5.32 Å². The Morgan fingerprint density at radius 1 is 1.12 bits per heavy atom. The average Bonchev–Trinajstić information content (AvgIpc) is 2.80. The lowest BCUT2D eigenvalue weighted by molar-refractivity contribution is -0.139. The van der Waals surface area contributed by atoms with Crippen molar-refractivity contribution in [3.8, 4) is 23.4 Å². The molecule has 1 fully saturated rings. The highest BCUT2D eigenvalue weighted by Gasteiger charge is 2.44. The maximum absolute atomic E-state index is 13.0. The van der Waals surface area contributed by atoms with Gasteiger partial charge in [-0.05, 0) is 41.7 Å². The number of hydrogen-bond donors (Lipinski definition) is 2. The maximum atomic E-state index is 13.0. The molecule has 0 unspecified atom stereocenters. The van der Waals surface area contributed by atoms with E-state index in [1.807, 2.05) is 55.6 Å². The fourth-order valence-electron chi connectivity index (χ4n) is 3.80. The van der Waals surface area contributed by atoms with E-state index in [1.54, 1.807) is 0 Å². The third-order valence-electron chi connectivity index (χ3n) is 5.74. The third kappa shape index (κ3) is 5.05.